The van der Waals surface area contributed by atoms with E-state index in [0.717, 1.165) is 0 Å². The van der Waals surface area contributed by atoms with E-state index in [-0.39, 0.29) is 5.41 Å². The first kappa shape index (κ1) is 10.7. The van der Waals surface area contributed by atoms with Gasteiger partial charge in [-0.25, -0.2) is 0 Å². The van der Waals surface area contributed by atoms with Gasteiger partial charge in [-0.05, 0) is 24.2 Å². The summed E-state index contributed by atoms with van der Waals surface area (Å²) in [6, 6.07) is 0. The van der Waals surface area contributed by atoms with E-state index < -0.39 is 0 Å². The Morgan fingerprint density at radius 2 is 2.33 bits per heavy atom. The van der Waals surface area contributed by atoms with Gasteiger partial charge in [-0.2, -0.15) is 0 Å². The van der Waals surface area contributed by atoms with Gasteiger partial charge in [-0.3, -0.25) is 10.3 Å². The molecule has 0 heterocycles. The maximum absolute atomic E-state index is 5.34. The van der Waals surface area contributed by atoms with Gasteiger partial charge in [0, 0.05) is 11.1 Å². The molecule has 1 N–H and O–H groups in total. The van der Waals surface area contributed by atoms with Crippen LogP contribution in [0.4, 0.5) is 0 Å². The molecule has 0 aromatic carbocycles. The lowest BCUT2D eigenvalue weighted by Crippen LogP contribution is -2.35. The Kier molecular flexibility index (Phi) is 2.42. The minimum atomic E-state index is 0.263. The number of hydroxylamine groups is 1. The second-order valence-corrected chi connectivity index (χ2v) is 5.48. The van der Waals surface area contributed by atoms with Crippen LogP contribution in [-0.2, 0) is 4.84 Å². The molecular formula is C13H21NO. The Bertz CT molecular complexity index is 306. The largest absolute Gasteiger partial charge is 0.272 e. The van der Waals surface area contributed by atoms with Crippen LogP contribution in [-0.4, -0.2) is 6.61 Å². The third kappa shape index (κ3) is 1.35. The number of hydrogen-bond acceptors (Lipinski definition) is 2. The first-order chi connectivity index (χ1) is 7.02. The molecule has 2 unspecified atom stereocenters. The van der Waals surface area contributed by atoms with Gasteiger partial charge in [0.25, 0.3) is 0 Å². The fourth-order valence-electron chi connectivity index (χ4n) is 3.02. The third-order valence-corrected chi connectivity index (χ3v) is 4.65. The highest BCUT2D eigenvalue weighted by Gasteiger charge is 2.57. The molecule has 2 aliphatic carbocycles. The summed E-state index contributed by atoms with van der Waals surface area (Å²) in [5.74, 6) is 0.706. The molecule has 2 atom stereocenters. The van der Waals surface area contributed by atoms with E-state index in [1.165, 1.54) is 18.5 Å². The van der Waals surface area contributed by atoms with Crippen molar-refractivity contribution in [1.82, 2.24) is 5.48 Å². The normalized spacial score (nSPS) is 36.5. The van der Waals surface area contributed by atoms with E-state index in [4.69, 9.17) is 4.84 Å². The molecule has 2 bridgehead atoms. The van der Waals surface area contributed by atoms with Crippen LogP contribution in [0.5, 0.6) is 0 Å². The van der Waals surface area contributed by atoms with E-state index in [9.17, 15) is 0 Å². The molecule has 2 heteroatoms. The van der Waals surface area contributed by atoms with Crippen molar-refractivity contribution in [3.05, 3.63) is 24.4 Å². The quantitative estimate of drug-likeness (QED) is 0.434. The lowest BCUT2D eigenvalue weighted by atomic mass is 9.69. The molecule has 15 heavy (non-hydrogen) atoms. The van der Waals surface area contributed by atoms with Crippen molar-refractivity contribution < 1.29 is 4.84 Å². The zero-order chi connectivity index (χ0) is 11.1. The van der Waals surface area contributed by atoms with Gasteiger partial charge in [-0.15, -0.1) is 6.58 Å². The first-order valence-corrected chi connectivity index (χ1v) is 5.73. The van der Waals surface area contributed by atoms with Crippen molar-refractivity contribution in [2.45, 2.75) is 33.6 Å². The molecule has 0 saturated heterocycles. The maximum Gasteiger partial charge on any atom is 0.0924 e. The minimum Gasteiger partial charge on any atom is -0.272 e. The summed E-state index contributed by atoms with van der Waals surface area (Å²) in [6.07, 6.45) is 6.69. The number of fused-ring (bicyclic) bond motifs is 2. The van der Waals surface area contributed by atoms with Crippen LogP contribution in [0.2, 0.25) is 0 Å². The highest BCUT2D eigenvalue weighted by atomic mass is 16.6. The van der Waals surface area contributed by atoms with Crippen molar-refractivity contribution in [1.29, 1.82) is 0 Å². The summed E-state index contributed by atoms with van der Waals surface area (Å²) in [6.45, 7) is 11.3. The highest BCUT2D eigenvalue weighted by molar-refractivity contribution is 5.29. The van der Waals surface area contributed by atoms with Gasteiger partial charge in [0.05, 0.1) is 6.61 Å². The predicted molar refractivity (Wildman–Crippen MR) is 62.0 cm³/mol. The Balaban J connectivity index is 2.09. The summed E-state index contributed by atoms with van der Waals surface area (Å²) in [5.41, 5.74) is 5.00. The Morgan fingerprint density at radius 3 is 2.80 bits per heavy atom. The Labute approximate surface area is 92.3 Å². The zero-order valence-corrected chi connectivity index (χ0v) is 9.97. The summed E-state index contributed by atoms with van der Waals surface area (Å²) in [7, 11) is 0. The SMILES string of the molecule is C=CCONC1=CC2CCC1(C)C2(C)C. The van der Waals surface area contributed by atoms with Crippen molar-refractivity contribution in [3.8, 4) is 0 Å². The topological polar surface area (TPSA) is 21.3 Å². The Morgan fingerprint density at radius 1 is 1.60 bits per heavy atom. The molecule has 2 aliphatic rings. The molecular weight excluding hydrogens is 186 g/mol. The van der Waals surface area contributed by atoms with Crippen molar-refractivity contribution >= 4 is 0 Å². The molecule has 0 radical (unpaired) electrons. The summed E-state index contributed by atoms with van der Waals surface area (Å²) in [5, 5.41) is 0. The van der Waals surface area contributed by atoms with Crippen LogP contribution in [0.15, 0.2) is 24.4 Å². The summed E-state index contributed by atoms with van der Waals surface area (Å²) in [4.78, 5) is 5.34. The average Bonchev–Trinajstić information content (AvgIpc) is 2.51. The summed E-state index contributed by atoms with van der Waals surface area (Å²) < 4.78 is 0. The van der Waals surface area contributed by atoms with Crippen molar-refractivity contribution in [3.63, 3.8) is 0 Å². The fourth-order valence-corrected chi connectivity index (χ4v) is 3.02. The minimum absolute atomic E-state index is 0.263. The lowest BCUT2D eigenvalue weighted by Gasteiger charge is -2.37. The van der Waals surface area contributed by atoms with Gasteiger partial charge in [0.15, 0.2) is 0 Å². The third-order valence-electron chi connectivity index (χ3n) is 4.65. The van der Waals surface area contributed by atoms with Crippen LogP contribution >= 0.6 is 0 Å². The van der Waals surface area contributed by atoms with Crippen LogP contribution in [0.3, 0.4) is 0 Å². The van der Waals surface area contributed by atoms with Gasteiger partial charge in [0.1, 0.15) is 0 Å². The Hall–Kier alpha value is -0.760. The zero-order valence-electron chi connectivity index (χ0n) is 9.97. The van der Waals surface area contributed by atoms with Crippen molar-refractivity contribution in [2.75, 3.05) is 6.61 Å². The van der Waals surface area contributed by atoms with Gasteiger partial charge in [0.2, 0.25) is 0 Å². The smallest absolute Gasteiger partial charge is 0.0924 e. The second kappa shape index (κ2) is 3.38. The lowest BCUT2D eigenvalue weighted by molar-refractivity contribution is 0.0523. The molecule has 0 aromatic heterocycles. The van der Waals surface area contributed by atoms with Gasteiger partial charge < -0.3 is 0 Å². The molecule has 0 aliphatic heterocycles. The fraction of sp³-hybridized carbons (Fsp3) is 0.692. The monoisotopic (exact) mass is 207 g/mol. The number of allylic oxidation sites excluding steroid dienone is 2. The number of rotatable bonds is 4. The maximum atomic E-state index is 5.34. The van der Waals surface area contributed by atoms with E-state index >= 15 is 0 Å². The van der Waals surface area contributed by atoms with Gasteiger partial charge >= 0.3 is 0 Å². The van der Waals surface area contributed by atoms with E-state index in [2.05, 4.69) is 38.9 Å². The summed E-state index contributed by atoms with van der Waals surface area (Å²) >= 11 is 0. The van der Waals surface area contributed by atoms with Crippen LogP contribution in [0, 0.1) is 16.7 Å². The molecule has 1 fully saturated rings. The highest BCUT2D eigenvalue weighted by Crippen LogP contribution is 2.64. The molecule has 84 valence electrons. The van der Waals surface area contributed by atoms with Gasteiger partial charge in [-0.1, -0.05) is 32.9 Å². The number of hydrogen-bond donors (Lipinski definition) is 1. The van der Waals surface area contributed by atoms with Crippen LogP contribution in [0.1, 0.15) is 33.6 Å². The predicted octanol–water partition coefficient (Wildman–Crippen LogP) is 3.03. The van der Waals surface area contributed by atoms with E-state index in [1.54, 1.807) is 6.08 Å². The molecule has 0 spiro atoms. The number of nitrogens with one attached hydrogen (secondary N) is 1. The van der Waals surface area contributed by atoms with Crippen LogP contribution in [0.25, 0.3) is 0 Å². The van der Waals surface area contributed by atoms with Crippen molar-refractivity contribution in [2.24, 2.45) is 16.7 Å². The van der Waals surface area contributed by atoms with E-state index in [0.29, 0.717) is 17.9 Å². The molecule has 2 rings (SSSR count). The van der Waals surface area contributed by atoms with E-state index in [1.807, 2.05) is 0 Å². The molecule has 2 nitrogen and oxygen atoms in total. The van der Waals surface area contributed by atoms with Crippen LogP contribution < -0.4 is 5.48 Å². The molecule has 0 amide bonds. The average molecular weight is 207 g/mol. The molecule has 0 aromatic rings. The first-order valence-electron chi connectivity index (χ1n) is 5.73. The second-order valence-electron chi connectivity index (χ2n) is 5.48. The standard InChI is InChI=1S/C13H21NO/c1-5-8-15-14-11-9-10-6-7-13(11,4)12(10,2)3/h5,9-10,14H,1,6-8H2,2-4H3. The molecule has 1 saturated carbocycles.